The molecule has 1 aliphatic heterocycles. The Hall–Kier alpha value is -1.43. The minimum atomic E-state index is -0.917. The van der Waals surface area contributed by atoms with Gasteiger partial charge in [-0.3, -0.25) is 9.89 Å². The van der Waals surface area contributed by atoms with E-state index in [9.17, 15) is 4.79 Å². The Kier molecular flexibility index (Phi) is 2.45. The highest BCUT2D eigenvalue weighted by Crippen LogP contribution is 2.25. The molecule has 1 unspecified atom stereocenters. The molecular weight excluding hydrogens is 186 g/mol. The number of rotatable bonds is 3. The standard InChI is InChI=1S/C8H11N3O3/c12-7(13)4-6-9-8(11-10-6)5-2-1-3-14-5/h5H,1-4H2,(H,12,13)(H,9,10,11). The lowest BCUT2D eigenvalue weighted by atomic mass is 10.2. The normalized spacial score (nSPS) is 21.3. The van der Waals surface area contributed by atoms with Crippen LogP contribution in [-0.4, -0.2) is 32.9 Å². The molecule has 0 aliphatic carbocycles. The second-order valence-electron chi connectivity index (χ2n) is 3.21. The van der Waals surface area contributed by atoms with Crippen LogP contribution in [0.15, 0.2) is 0 Å². The number of H-pyrrole nitrogens is 1. The van der Waals surface area contributed by atoms with Crippen molar-refractivity contribution >= 4 is 5.97 Å². The number of aromatic amines is 1. The maximum absolute atomic E-state index is 10.4. The minimum absolute atomic E-state index is 0.0613. The van der Waals surface area contributed by atoms with E-state index < -0.39 is 5.97 Å². The van der Waals surface area contributed by atoms with E-state index in [-0.39, 0.29) is 12.5 Å². The number of aliphatic carboxylic acids is 1. The predicted molar refractivity (Wildman–Crippen MR) is 45.6 cm³/mol. The lowest BCUT2D eigenvalue weighted by molar-refractivity contribution is -0.136. The summed E-state index contributed by atoms with van der Waals surface area (Å²) in [7, 11) is 0. The van der Waals surface area contributed by atoms with Crippen LogP contribution in [0.2, 0.25) is 0 Å². The van der Waals surface area contributed by atoms with Crippen molar-refractivity contribution in [2.75, 3.05) is 6.61 Å². The van der Waals surface area contributed by atoms with Crippen molar-refractivity contribution in [3.05, 3.63) is 11.6 Å². The summed E-state index contributed by atoms with van der Waals surface area (Å²) in [6.45, 7) is 0.730. The zero-order chi connectivity index (χ0) is 9.97. The number of ether oxygens (including phenoxy) is 1. The highest BCUT2D eigenvalue weighted by atomic mass is 16.5. The molecule has 14 heavy (non-hydrogen) atoms. The van der Waals surface area contributed by atoms with Gasteiger partial charge in [0.1, 0.15) is 18.3 Å². The van der Waals surface area contributed by atoms with Gasteiger partial charge in [0.2, 0.25) is 0 Å². The van der Waals surface area contributed by atoms with Crippen LogP contribution in [0.1, 0.15) is 30.6 Å². The fraction of sp³-hybridized carbons (Fsp3) is 0.625. The van der Waals surface area contributed by atoms with Crippen molar-refractivity contribution in [1.29, 1.82) is 0 Å². The molecule has 2 heterocycles. The van der Waals surface area contributed by atoms with Gasteiger partial charge in [-0.05, 0) is 12.8 Å². The number of nitrogens with one attached hydrogen (secondary N) is 1. The number of aromatic nitrogens is 3. The Morgan fingerprint density at radius 2 is 2.57 bits per heavy atom. The molecule has 76 valence electrons. The van der Waals surface area contributed by atoms with Crippen molar-refractivity contribution in [2.45, 2.75) is 25.4 Å². The van der Waals surface area contributed by atoms with Gasteiger partial charge in [0.15, 0.2) is 5.82 Å². The van der Waals surface area contributed by atoms with Crippen LogP contribution in [0.25, 0.3) is 0 Å². The molecule has 1 atom stereocenters. The molecule has 0 amide bonds. The van der Waals surface area contributed by atoms with E-state index in [0.717, 1.165) is 19.4 Å². The van der Waals surface area contributed by atoms with E-state index >= 15 is 0 Å². The van der Waals surface area contributed by atoms with E-state index in [1.165, 1.54) is 0 Å². The molecule has 2 rings (SSSR count). The van der Waals surface area contributed by atoms with Gasteiger partial charge in [0, 0.05) is 6.61 Å². The van der Waals surface area contributed by atoms with Crippen molar-refractivity contribution in [2.24, 2.45) is 0 Å². The highest BCUT2D eigenvalue weighted by molar-refractivity contribution is 5.68. The van der Waals surface area contributed by atoms with Crippen LogP contribution in [0.4, 0.5) is 0 Å². The second kappa shape index (κ2) is 3.75. The average Bonchev–Trinajstić information content (AvgIpc) is 2.69. The second-order valence-corrected chi connectivity index (χ2v) is 3.21. The molecular formula is C8H11N3O3. The maximum Gasteiger partial charge on any atom is 0.311 e. The van der Waals surface area contributed by atoms with Crippen LogP contribution in [-0.2, 0) is 16.0 Å². The Bertz CT molecular complexity index is 330. The van der Waals surface area contributed by atoms with Crippen LogP contribution in [0, 0.1) is 0 Å². The van der Waals surface area contributed by atoms with Gasteiger partial charge in [-0.2, -0.15) is 5.10 Å². The van der Waals surface area contributed by atoms with E-state index in [2.05, 4.69) is 15.2 Å². The quantitative estimate of drug-likeness (QED) is 0.726. The Morgan fingerprint density at radius 1 is 1.71 bits per heavy atom. The summed E-state index contributed by atoms with van der Waals surface area (Å²) in [5.74, 6) is 0.0294. The molecule has 6 heteroatoms. The monoisotopic (exact) mass is 197 g/mol. The van der Waals surface area contributed by atoms with Gasteiger partial charge in [0.05, 0.1) is 0 Å². The van der Waals surface area contributed by atoms with Crippen LogP contribution >= 0.6 is 0 Å². The van der Waals surface area contributed by atoms with Crippen LogP contribution < -0.4 is 0 Å². The molecule has 1 aromatic heterocycles. The first-order valence-electron chi connectivity index (χ1n) is 4.50. The number of hydrogen-bond acceptors (Lipinski definition) is 4. The smallest absolute Gasteiger partial charge is 0.311 e. The third kappa shape index (κ3) is 1.90. The van der Waals surface area contributed by atoms with Crippen molar-refractivity contribution < 1.29 is 14.6 Å². The first-order valence-corrected chi connectivity index (χ1v) is 4.50. The van der Waals surface area contributed by atoms with Gasteiger partial charge < -0.3 is 9.84 Å². The zero-order valence-electron chi connectivity index (χ0n) is 7.56. The Morgan fingerprint density at radius 3 is 3.21 bits per heavy atom. The number of nitrogens with zero attached hydrogens (tertiary/aromatic N) is 2. The molecule has 1 fully saturated rings. The van der Waals surface area contributed by atoms with Crippen molar-refractivity contribution in [1.82, 2.24) is 15.2 Å². The topological polar surface area (TPSA) is 88.1 Å². The molecule has 1 saturated heterocycles. The predicted octanol–water partition coefficient (Wildman–Crippen LogP) is 0.283. The summed E-state index contributed by atoms with van der Waals surface area (Å²) in [4.78, 5) is 14.4. The maximum atomic E-state index is 10.4. The molecule has 0 saturated carbocycles. The van der Waals surface area contributed by atoms with Gasteiger partial charge in [-0.15, -0.1) is 0 Å². The first kappa shape index (κ1) is 9.14. The molecule has 2 N–H and O–H groups in total. The van der Waals surface area contributed by atoms with E-state index in [4.69, 9.17) is 9.84 Å². The van der Waals surface area contributed by atoms with Crippen LogP contribution in [0.5, 0.6) is 0 Å². The number of carbonyl (C=O) groups is 1. The number of hydrogen-bond donors (Lipinski definition) is 2. The number of carboxylic acid groups (broad SMARTS) is 1. The fourth-order valence-corrected chi connectivity index (χ4v) is 1.46. The van der Waals surface area contributed by atoms with E-state index in [0.29, 0.717) is 11.6 Å². The summed E-state index contributed by atoms with van der Waals surface area (Å²) >= 11 is 0. The zero-order valence-corrected chi connectivity index (χ0v) is 7.56. The third-order valence-corrected chi connectivity index (χ3v) is 2.09. The molecule has 0 aromatic carbocycles. The summed E-state index contributed by atoms with van der Waals surface area (Å²) < 4.78 is 5.36. The van der Waals surface area contributed by atoms with Gasteiger partial charge >= 0.3 is 5.97 Å². The Balaban J connectivity index is 2.05. The highest BCUT2D eigenvalue weighted by Gasteiger charge is 2.22. The Labute approximate surface area is 80.3 Å². The molecule has 0 spiro atoms. The van der Waals surface area contributed by atoms with E-state index in [1.807, 2.05) is 0 Å². The molecule has 6 nitrogen and oxygen atoms in total. The van der Waals surface area contributed by atoms with Crippen molar-refractivity contribution in [3.8, 4) is 0 Å². The van der Waals surface area contributed by atoms with E-state index in [1.54, 1.807) is 0 Å². The summed E-state index contributed by atoms with van der Waals surface area (Å²) in [6, 6.07) is 0. The minimum Gasteiger partial charge on any atom is -0.481 e. The van der Waals surface area contributed by atoms with Gasteiger partial charge in [-0.25, -0.2) is 4.98 Å². The summed E-state index contributed by atoms with van der Waals surface area (Å²) in [6.07, 6.45) is 1.73. The van der Waals surface area contributed by atoms with Crippen molar-refractivity contribution in [3.63, 3.8) is 0 Å². The molecule has 0 bridgehead atoms. The average molecular weight is 197 g/mol. The van der Waals surface area contributed by atoms with Gasteiger partial charge in [-0.1, -0.05) is 0 Å². The largest absolute Gasteiger partial charge is 0.481 e. The summed E-state index contributed by atoms with van der Waals surface area (Å²) in [5, 5.41) is 15.0. The number of carboxylic acids is 1. The first-order chi connectivity index (χ1) is 6.75. The summed E-state index contributed by atoms with van der Waals surface area (Å²) in [5.41, 5.74) is 0. The SMILES string of the molecule is O=C(O)Cc1nc(C2CCCO2)n[nH]1. The molecule has 1 aromatic rings. The molecule has 0 radical (unpaired) electrons. The fourth-order valence-electron chi connectivity index (χ4n) is 1.46. The molecule has 1 aliphatic rings. The lowest BCUT2D eigenvalue weighted by Crippen LogP contribution is -2.02. The van der Waals surface area contributed by atoms with Crippen LogP contribution in [0.3, 0.4) is 0 Å². The lowest BCUT2D eigenvalue weighted by Gasteiger charge is -2.01. The third-order valence-electron chi connectivity index (χ3n) is 2.09. The van der Waals surface area contributed by atoms with Gasteiger partial charge in [0.25, 0.3) is 0 Å².